The molecule has 25 heavy (non-hydrogen) atoms. The first kappa shape index (κ1) is 18.5. The highest BCUT2D eigenvalue weighted by Crippen LogP contribution is 2.18. The van der Waals surface area contributed by atoms with Gasteiger partial charge in [0.05, 0.1) is 11.5 Å². The Labute approximate surface area is 148 Å². The van der Waals surface area contributed by atoms with Crippen LogP contribution in [0.25, 0.3) is 0 Å². The summed E-state index contributed by atoms with van der Waals surface area (Å²) in [7, 11) is 0. The van der Waals surface area contributed by atoms with E-state index in [4.69, 9.17) is 15.0 Å². The molecule has 3 N–H and O–H groups in total. The minimum absolute atomic E-state index is 0.0214. The molecule has 2 rings (SSSR count). The van der Waals surface area contributed by atoms with Gasteiger partial charge < -0.3 is 20.3 Å². The summed E-state index contributed by atoms with van der Waals surface area (Å²) in [6.45, 7) is 1.70. The maximum absolute atomic E-state index is 11.9. The molecule has 0 aliphatic heterocycles. The summed E-state index contributed by atoms with van der Waals surface area (Å²) in [4.78, 5) is 35.1. The number of primary amides is 1. The van der Waals surface area contributed by atoms with Crippen molar-refractivity contribution in [3.8, 4) is 0 Å². The lowest BCUT2D eigenvalue weighted by Crippen LogP contribution is -2.27. The van der Waals surface area contributed by atoms with Gasteiger partial charge >= 0.3 is 5.97 Å². The lowest BCUT2D eigenvalue weighted by Gasteiger charge is -2.14. The van der Waals surface area contributed by atoms with Crippen LogP contribution in [0.5, 0.6) is 0 Å². The zero-order chi connectivity index (χ0) is 18.2. The second-order valence-corrected chi connectivity index (χ2v) is 6.03. The van der Waals surface area contributed by atoms with Crippen LogP contribution in [-0.4, -0.2) is 34.4 Å². The number of thioether (sulfide) groups is 1. The van der Waals surface area contributed by atoms with Gasteiger partial charge in [0.2, 0.25) is 12.0 Å². The Hall–Kier alpha value is -2.81. The summed E-state index contributed by atoms with van der Waals surface area (Å²) < 4.78 is 9.93. The maximum Gasteiger partial charge on any atom is 0.317 e. The van der Waals surface area contributed by atoms with E-state index in [1.165, 1.54) is 0 Å². The van der Waals surface area contributed by atoms with Crippen LogP contribution in [0, 0.1) is 6.92 Å². The zero-order valence-corrected chi connectivity index (χ0v) is 14.2. The van der Waals surface area contributed by atoms with Crippen molar-refractivity contribution < 1.29 is 23.6 Å². The molecule has 0 bridgehead atoms. The molecule has 0 fully saturated rings. The maximum atomic E-state index is 11.9. The van der Waals surface area contributed by atoms with Crippen molar-refractivity contribution in [3.63, 3.8) is 0 Å². The van der Waals surface area contributed by atoms with E-state index in [9.17, 15) is 14.4 Å². The first-order valence-electron chi connectivity index (χ1n) is 7.30. The average molecular weight is 363 g/mol. The number of nitrogens with one attached hydrogen (secondary N) is 1. The average Bonchev–Trinajstić information content (AvgIpc) is 2.98. The van der Waals surface area contributed by atoms with E-state index in [0.717, 1.165) is 11.8 Å². The van der Waals surface area contributed by atoms with E-state index < -0.39 is 18.0 Å². The number of rotatable bonds is 8. The molecule has 1 aromatic carbocycles. The standard InChI is InChI=1S/C16H17N3O5S/c1-10-7-12(19-24-10)18-13(20)8-25-9-14(21)23-15(16(17)22)11-5-3-2-4-6-11/h2-7,15H,8-9H2,1H3,(H2,17,22)(H,18,19,20). The number of carbonyl (C=O) groups excluding carboxylic acids is 3. The lowest BCUT2D eigenvalue weighted by molar-refractivity contribution is -0.152. The summed E-state index contributed by atoms with van der Waals surface area (Å²) in [6.07, 6.45) is -1.15. The number of hydrogen-bond acceptors (Lipinski definition) is 7. The number of hydrogen-bond donors (Lipinski definition) is 2. The van der Waals surface area contributed by atoms with E-state index in [1.807, 2.05) is 0 Å². The second-order valence-electron chi connectivity index (χ2n) is 5.05. The highest BCUT2D eigenvalue weighted by molar-refractivity contribution is 8.00. The molecule has 0 spiro atoms. The van der Waals surface area contributed by atoms with E-state index in [2.05, 4.69) is 10.5 Å². The molecule has 0 saturated heterocycles. The Balaban J connectivity index is 1.77. The van der Waals surface area contributed by atoms with Crippen molar-refractivity contribution in [3.05, 3.63) is 47.7 Å². The van der Waals surface area contributed by atoms with E-state index in [-0.39, 0.29) is 17.4 Å². The summed E-state index contributed by atoms with van der Waals surface area (Å²) in [5.74, 6) is -0.921. The fourth-order valence-electron chi connectivity index (χ4n) is 1.91. The number of ether oxygens (including phenoxy) is 1. The van der Waals surface area contributed by atoms with Crippen LogP contribution in [0.4, 0.5) is 5.82 Å². The number of anilines is 1. The monoisotopic (exact) mass is 363 g/mol. The van der Waals surface area contributed by atoms with Gasteiger partial charge in [-0.15, -0.1) is 11.8 Å². The van der Waals surface area contributed by atoms with Gasteiger partial charge in [0.1, 0.15) is 5.76 Å². The number of nitrogens with zero attached hydrogens (tertiary/aromatic N) is 1. The topological polar surface area (TPSA) is 125 Å². The molecule has 2 aromatic rings. The molecule has 0 aliphatic rings. The molecule has 8 nitrogen and oxygen atoms in total. The van der Waals surface area contributed by atoms with Gasteiger partial charge in [0.25, 0.3) is 5.91 Å². The number of esters is 1. The third-order valence-corrected chi connectivity index (χ3v) is 3.86. The number of carbonyl (C=O) groups is 3. The second kappa shape index (κ2) is 8.88. The van der Waals surface area contributed by atoms with Crippen molar-refractivity contribution in [2.45, 2.75) is 13.0 Å². The Morgan fingerprint density at radius 1 is 1.28 bits per heavy atom. The first-order valence-corrected chi connectivity index (χ1v) is 8.46. The van der Waals surface area contributed by atoms with Gasteiger partial charge in [-0.05, 0) is 6.92 Å². The van der Waals surface area contributed by atoms with Crippen LogP contribution in [0.3, 0.4) is 0 Å². The predicted molar refractivity (Wildman–Crippen MR) is 91.7 cm³/mol. The molecule has 0 aliphatic carbocycles. The summed E-state index contributed by atoms with van der Waals surface area (Å²) in [6, 6.07) is 10.1. The highest BCUT2D eigenvalue weighted by Gasteiger charge is 2.22. The molecule has 1 unspecified atom stereocenters. The van der Waals surface area contributed by atoms with E-state index in [0.29, 0.717) is 17.1 Å². The van der Waals surface area contributed by atoms with Crippen LogP contribution in [-0.2, 0) is 19.1 Å². The number of aryl methyl sites for hydroxylation is 1. The fourth-order valence-corrected chi connectivity index (χ4v) is 2.51. The van der Waals surface area contributed by atoms with Crippen molar-refractivity contribution in [2.24, 2.45) is 5.73 Å². The van der Waals surface area contributed by atoms with Crippen molar-refractivity contribution >= 4 is 35.4 Å². The minimum Gasteiger partial charge on any atom is -0.447 e. The fraction of sp³-hybridized carbons (Fsp3) is 0.250. The van der Waals surface area contributed by atoms with E-state index >= 15 is 0 Å². The van der Waals surface area contributed by atoms with Crippen molar-refractivity contribution in [2.75, 3.05) is 16.8 Å². The van der Waals surface area contributed by atoms with Gasteiger partial charge in [-0.1, -0.05) is 35.5 Å². The number of benzene rings is 1. The zero-order valence-electron chi connectivity index (χ0n) is 13.4. The third kappa shape index (κ3) is 5.96. The molecule has 1 atom stereocenters. The van der Waals surface area contributed by atoms with Gasteiger partial charge in [-0.3, -0.25) is 14.4 Å². The summed E-state index contributed by atoms with van der Waals surface area (Å²) in [5.41, 5.74) is 5.77. The summed E-state index contributed by atoms with van der Waals surface area (Å²) >= 11 is 1.05. The van der Waals surface area contributed by atoms with Gasteiger partial charge in [0, 0.05) is 11.6 Å². The SMILES string of the molecule is Cc1cc(NC(=O)CSCC(=O)OC(C(N)=O)c2ccccc2)no1. The molecular weight excluding hydrogens is 346 g/mol. The minimum atomic E-state index is -1.15. The van der Waals surface area contributed by atoms with E-state index in [1.54, 1.807) is 43.3 Å². The van der Waals surface area contributed by atoms with Gasteiger partial charge in [0.15, 0.2) is 5.82 Å². The molecule has 2 amide bonds. The van der Waals surface area contributed by atoms with Gasteiger partial charge in [-0.2, -0.15) is 0 Å². The Kier molecular flexibility index (Phi) is 6.58. The third-order valence-electron chi connectivity index (χ3n) is 2.96. The Morgan fingerprint density at radius 2 is 2.00 bits per heavy atom. The molecule has 132 valence electrons. The number of nitrogens with two attached hydrogens (primary N) is 1. The molecular formula is C16H17N3O5S. The Morgan fingerprint density at radius 3 is 2.60 bits per heavy atom. The van der Waals surface area contributed by atoms with Crippen LogP contribution in [0.15, 0.2) is 40.9 Å². The number of aromatic nitrogens is 1. The molecule has 1 heterocycles. The molecule has 1 aromatic heterocycles. The quantitative estimate of drug-likeness (QED) is 0.680. The molecule has 9 heteroatoms. The van der Waals surface area contributed by atoms with Crippen LogP contribution >= 0.6 is 11.8 Å². The van der Waals surface area contributed by atoms with Crippen LogP contribution in [0.1, 0.15) is 17.4 Å². The normalized spacial score (nSPS) is 11.6. The first-order chi connectivity index (χ1) is 12.0. The van der Waals surface area contributed by atoms with Gasteiger partial charge in [-0.25, -0.2) is 0 Å². The summed E-state index contributed by atoms with van der Waals surface area (Å²) in [5, 5.41) is 6.16. The lowest BCUT2D eigenvalue weighted by atomic mass is 10.1. The van der Waals surface area contributed by atoms with Crippen molar-refractivity contribution in [1.82, 2.24) is 5.16 Å². The predicted octanol–water partition coefficient (Wildman–Crippen LogP) is 1.42. The highest BCUT2D eigenvalue weighted by atomic mass is 32.2. The largest absolute Gasteiger partial charge is 0.447 e. The van der Waals surface area contributed by atoms with Crippen molar-refractivity contribution in [1.29, 1.82) is 0 Å². The number of amides is 2. The molecule has 0 saturated carbocycles. The molecule has 0 radical (unpaired) electrons. The smallest absolute Gasteiger partial charge is 0.317 e. The van der Waals surface area contributed by atoms with Crippen LogP contribution < -0.4 is 11.1 Å². The van der Waals surface area contributed by atoms with Crippen LogP contribution in [0.2, 0.25) is 0 Å². The Bertz CT molecular complexity index is 747.